The molecular weight excluding hydrogens is 282 g/mol. The molecule has 0 aliphatic heterocycles. The summed E-state index contributed by atoms with van der Waals surface area (Å²) in [7, 11) is -4.48. The first-order valence-electron chi connectivity index (χ1n) is 6.19. The van der Waals surface area contributed by atoms with E-state index in [1.807, 2.05) is 20.8 Å². The first-order chi connectivity index (χ1) is 8.83. The zero-order valence-electron chi connectivity index (χ0n) is 12.4. The van der Waals surface area contributed by atoms with Crippen molar-refractivity contribution in [2.45, 2.75) is 51.7 Å². The van der Waals surface area contributed by atoms with Crippen LogP contribution in [0.1, 0.15) is 46.6 Å². The second kappa shape index (κ2) is 5.21. The standard InChI is InChI=1S/C13H21NO5S/c1-12(2,3)9-13(4,5)14(15)8-10-6-7-19-11(10)20(16,17)18/h6-8H,9H2,1-5H3,(H,16,17,18). The SMILES string of the molecule is CC(C)(C)CC(C)(C)[N+]([O-])=Cc1ccoc1S(=O)(=O)O. The van der Waals surface area contributed by atoms with Crippen molar-refractivity contribution < 1.29 is 22.1 Å². The third kappa shape index (κ3) is 4.35. The lowest BCUT2D eigenvalue weighted by atomic mass is 9.82. The second-order valence-electron chi connectivity index (χ2n) is 6.64. The van der Waals surface area contributed by atoms with Gasteiger partial charge in [0.1, 0.15) is 0 Å². The fourth-order valence-electron chi connectivity index (χ4n) is 2.29. The predicted molar refractivity (Wildman–Crippen MR) is 75.5 cm³/mol. The van der Waals surface area contributed by atoms with Crippen molar-refractivity contribution in [1.29, 1.82) is 0 Å². The number of hydrogen-bond acceptors (Lipinski definition) is 4. The van der Waals surface area contributed by atoms with Crippen LogP contribution in [0.25, 0.3) is 0 Å². The van der Waals surface area contributed by atoms with Crippen LogP contribution in [0.4, 0.5) is 0 Å². The van der Waals surface area contributed by atoms with Gasteiger partial charge in [-0.3, -0.25) is 4.55 Å². The number of hydrogen-bond donors (Lipinski definition) is 1. The fourth-order valence-corrected chi connectivity index (χ4v) is 2.88. The molecule has 1 N–H and O–H groups in total. The van der Waals surface area contributed by atoms with Crippen molar-refractivity contribution in [3.05, 3.63) is 23.1 Å². The average molecular weight is 303 g/mol. The first kappa shape index (κ1) is 16.7. The van der Waals surface area contributed by atoms with Gasteiger partial charge in [0, 0.05) is 20.3 Å². The Kier molecular flexibility index (Phi) is 4.36. The zero-order valence-corrected chi connectivity index (χ0v) is 13.2. The molecule has 0 unspecified atom stereocenters. The maximum Gasteiger partial charge on any atom is 0.329 e. The summed E-state index contributed by atoms with van der Waals surface area (Å²) >= 11 is 0. The van der Waals surface area contributed by atoms with Crippen LogP contribution < -0.4 is 0 Å². The lowest BCUT2D eigenvalue weighted by Gasteiger charge is -2.30. The molecule has 0 aliphatic carbocycles. The van der Waals surface area contributed by atoms with Gasteiger partial charge in [0.05, 0.1) is 11.8 Å². The summed E-state index contributed by atoms with van der Waals surface area (Å²) in [4.78, 5) is 0. The Morgan fingerprint density at radius 3 is 2.35 bits per heavy atom. The molecule has 0 saturated carbocycles. The molecule has 0 amide bonds. The van der Waals surface area contributed by atoms with E-state index in [-0.39, 0.29) is 11.0 Å². The molecule has 7 heteroatoms. The van der Waals surface area contributed by atoms with Gasteiger partial charge in [-0.1, -0.05) is 20.8 Å². The molecule has 0 aliphatic rings. The topological polar surface area (TPSA) is 93.6 Å². The van der Waals surface area contributed by atoms with E-state index in [9.17, 15) is 13.6 Å². The molecule has 0 fully saturated rings. The minimum Gasteiger partial charge on any atom is -0.623 e. The van der Waals surface area contributed by atoms with E-state index in [0.29, 0.717) is 11.2 Å². The van der Waals surface area contributed by atoms with Gasteiger partial charge in [0.15, 0.2) is 11.8 Å². The van der Waals surface area contributed by atoms with Crippen LogP contribution in [-0.4, -0.2) is 29.5 Å². The molecule has 0 bridgehead atoms. The Morgan fingerprint density at radius 2 is 1.90 bits per heavy atom. The van der Waals surface area contributed by atoms with Crippen LogP contribution in [-0.2, 0) is 10.1 Å². The lowest BCUT2D eigenvalue weighted by Crippen LogP contribution is -2.37. The van der Waals surface area contributed by atoms with Crippen LogP contribution in [0.3, 0.4) is 0 Å². The number of nitrogens with zero attached hydrogens (tertiary/aromatic N) is 1. The fraction of sp³-hybridized carbons (Fsp3) is 0.615. The second-order valence-corrected chi connectivity index (χ2v) is 7.96. The van der Waals surface area contributed by atoms with Crippen molar-refractivity contribution in [3.8, 4) is 0 Å². The van der Waals surface area contributed by atoms with E-state index in [1.54, 1.807) is 13.8 Å². The van der Waals surface area contributed by atoms with Gasteiger partial charge >= 0.3 is 10.1 Å². The van der Waals surface area contributed by atoms with Gasteiger partial charge in [-0.2, -0.15) is 8.42 Å². The van der Waals surface area contributed by atoms with E-state index in [0.717, 1.165) is 12.5 Å². The molecule has 0 saturated heterocycles. The minimum atomic E-state index is -4.48. The van der Waals surface area contributed by atoms with E-state index in [2.05, 4.69) is 0 Å². The van der Waals surface area contributed by atoms with Crippen LogP contribution in [0.5, 0.6) is 0 Å². The monoisotopic (exact) mass is 303 g/mol. The highest BCUT2D eigenvalue weighted by Crippen LogP contribution is 2.29. The number of rotatable bonds is 4. The van der Waals surface area contributed by atoms with Crippen LogP contribution in [0.2, 0.25) is 0 Å². The van der Waals surface area contributed by atoms with Crippen molar-refractivity contribution in [3.63, 3.8) is 0 Å². The molecule has 0 radical (unpaired) electrons. The lowest BCUT2D eigenvalue weighted by molar-refractivity contribution is -0.540. The van der Waals surface area contributed by atoms with Gasteiger partial charge in [-0.25, -0.2) is 4.74 Å². The summed E-state index contributed by atoms with van der Waals surface area (Å²) in [6.45, 7) is 9.60. The average Bonchev–Trinajstić information content (AvgIpc) is 2.60. The molecular formula is C13H21NO5S. The Bertz CT molecular complexity index is 605. The highest BCUT2D eigenvalue weighted by molar-refractivity contribution is 7.85. The Morgan fingerprint density at radius 1 is 1.35 bits per heavy atom. The molecule has 1 aromatic rings. The molecule has 1 heterocycles. The summed E-state index contributed by atoms with van der Waals surface area (Å²) in [5.74, 6) is 0. The quantitative estimate of drug-likeness (QED) is 0.303. The summed E-state index contributed by atoms with van der Waals surface area (Å²) < 4.78 is 36.6. The number of hydroxylamine groups is 1. The van der Waals surface area contributed by atoms with Crippen LogP contribution in [0.15, 0.2) is 21.8 Å². The Labute approximate surface area is 119 Å². The summed E-state index contributed by atoms with van der Waals surface area (Å²) in [5, 5.41) is 11.6. The Hall–Kier alpha value is -1.34. The minimum absolute atomic E-state index is 0.0319. The van der Waals surface area contributed by atoms with Gasteiger partial charge in [-0.15, -0.1) is 0 Å². The maximum atomic E-state index is 12.2. The summed E-state index contributed by atoms with van der Waals surface area (Å²) in [5.41, 5.74) is -0.738. The molecule has 1 rings (SSSR count). The van der Waals surface area contributed by atoms with Gasteiger partial charge in [0.25, 0.3) is 5.09 Å². The van der Waals surface area contributed by atoms with Crippen LogP contribution >= 0.6 is 0 Å². The van der Waals surface area contributed by atoms with Crippen LogP contribution in [0, 0.1) is 10.6 Å². The largest absolute Gasteiger partial charge is 0.623 e. The van der Waals surface area contributed by atoms with E-state index < -0.39 is 20.7 Å². The molecule has 6 nitrogen and oxygen atoms in total. The smallest absolute Gasteiger partial charge is 0.329 e. The van der Waals surface area contributed by atoms with Crippen molar-refractivity contribution >= 4 is 16.3 Å². The molecule has 0 spiro atoms. The van der Waals surface area contributed by atoms with Crippen molar-refractivity contribution in [2.24, 2.45) is 5.41 Å². The molecule has 114 valence electrons. The Balaban J connectivity index is 3.15. The van der Waals surface area contributed by atoms with E-state index in [4.69, 9.17) is 8.97 Å². The maximum absolute atomic E-state index is 12.2. The summed E-state index contributed by atoms with van der Waals surface area (Å²) in [6, 6.07) is 1.32. The molecule has 0 atom stereocenters. The molecule has 20 heavy (non-hydrogen) atoms. The third-order valence-corrected chi connectivity index (χ3v) is 3.51. The van der Waals surface area contributed by atoms with Gasteiger partial charge < -0.3 is 9.62 Å². The highest BCUT2D eigenvalue weighted by atomic mass is 32.2. The zero-order chi connectivity index (χ0) is 15.8. The van der Waals surface area contributed by atoms with E-state index in [1.165, 1.54) is 6.07 Å². The van der Waals surface area contributed by atoms with Crippen molar-refractivity contribution in [1.82, 2.24) is 0 Å². The van der Waals surface area contributed by atoms with Crippen molar-refractivity contribution in [2.75, 3.05) is 0 Å². The number of furan rings is 1. The van der Waals surface area contributed by atoms with Gasteiger partial charge in [-0.05, 0) is 11.5 Å². The first-order valence-corrected chi connectivity index (χ1v) is 7.63. The molecule has 0 aromatic carbocycles. The van der Waals surface area contributed by atoms with E-state index >= 15 is 0 Å². The highest BCUT2D eigenvalue weighted by Gasteiger charge is 2.33. The van der Waals surface area contributed by atoms with Gasteiger partial charge in [0.2, 0.25) is 0 Å². The summed E-state index contributed by atoms with van der Waals surface area (Å²) in [6.07, 6.45) is 2.84. The molecule has 1 aromatic heterocycles. The predicted octanol–water partition coefficient (Wildman–Crippen LogP) is 2.67. The third-order valence-electron chi connectivity index (χ3n) is 2.71. The normalized spacial score (nSPS) is 14.6.